The lowest BCUT2D eigenvalue weighted by Crippen LogP contribution is -2.37. The van der Waals surface area contributed by atoms with Gasteiger partial charge < -0.3 is 15.1 Å². The highest BCUT2D eigenvalue weighted by Crippen LogP contribution is 2.34. The summed E-state index contributed by atoms with van der Waals surface area (Å²) in [6, 6.07) is 11.7. The van der Waals surface area contributed by atoms with E-state index in [4.69, 9.17) is 4.42 Å². The van der Waals surface area contributed by atoms with Crippen molar-refractivity contribution in [3.05, 3.63) is 48.3 Å². The van der Waals surface area contributed by atoms with E-state index in [0.717, 1.165) is 5.39 Å². The number of hydrogen-bond donors (Lipinski definition) is 3. The van der Waals surface area contributed by atoms with Crippen LogP contribution in [-0.4, -0.2) is 28.1 Å². The van der Waals surface area contributed by atoms with Gasteiger partial charge in [0.25, 0.3) is 0 Å². The molecule has 4 aromatic rings. The van der Waals surface area contributed by atoms with Gasteiger partial charge in [-0.3, -0.25) is 14.7 Å². The molecule has 2 aromatic heterocycles. The van der Waals surface area contributed by atoms with E-state index in [0.29, 0.717) is 29.0 Å². The zero-order valence-corrected chi connectivity index (χ0v) is 14.6. The molecule has 140 valence electrons. The monoisotopic (exact) mass is 378 g/mol. The fourth-order valence-electron chi connectivity index (χ4n) is 3.48. The van der Waals surface area contributed by atoms with E-state index in [2.05, 4.69) is 20.8 Å². The molecule has 28 heavy (non-hydrogen) atoms. The van der Waals surface area contributed by atoms with E-state index < -0.39 is 17.8 Å². The Kier molecular flexibility index (Phi) is 3.65. The number of aromatic nitrogens is 2. The molecule has 1 aliphatic heterocycles. The summed E-state index contributed by atoms with van der Waals surface area (Å²) < 4.78 is 21.0. The van der Waals surface area contributed by atoms with Crippen molar-refractivity contribution in [2.24, 2.45) is 0 Å². The molecule has 2 amide bonds. The highest BCUT2D eigenvalue weighted by atomic mass is 19.1. The number of halogens is 1. The first-order valence-electron chi connectivity index (χ1n) is 8.86. The molecule has 0 saturated carbocycles. The first kappa shape index (κ1) is 16.5. The molecule has 1 fully saturated rings. The number of carbonyl (C=O) groups is 2. The van der Waals surface area contributed by atoms with Gasteiger partial charge in [0.15, 0.2) is 11.6 Å². The molecule has 0 bridgehead atoms. The molecule has 3 N–H and O–H groups in total. The number of rotatable bonds is 3. The van der Waals surface area contributed by atoms with E-state index >= 15 is 4.39 Å². The number of nitrogens with one attached hydrogen (secondary N) is 3. The minimum Gasteiger partial charge on any atom is -0.454 e. The number of para-hydroxylation sites is 1. The fraction of sp³-hybridized carbons (Fsp3) is 0.150. The molecule has 5 rings (SSSR count). The summed E-state index contributed by atoms with van der Waals surface area (Å²) in [5, 5.41) is 13.2. The number of carbonyl (C=O) groups excluding carboxylic acids is 2. The van der Waals surface area contributed by atoms with Crippen molar-refractivity contribution in [2.45, 2.75) is 18.9 Å². The van der Waals surface area contributed by atoms with Gasteiger partial charge in [-0.2, -0.15) is 5.10 Å². The zero-order chi connectivity index (χ0) is 19.3. The Bertz CT molecular complexity index is 1210. The second kappa shape index (κ2) is 6.19. The number of nitrogens with zero attached hydrogens (tertiary/aromatic N) is 1. The van der Waals surface area contributed by atoms with E-state index in [9.17, 15) is 9.59 Å². The second-order valence-electron chi connectivity index (χ2n) is 6.72. The summed E-state index contributed by atoms with van der Waals surface area (Å²) in [5.41, 5.74) is 1.52. The van der Waals surface area contributed by atoms with Crippen molar-refractivity contribution in [1.82, 2.24) is 15.5 Å². The lowest BCUT2D eigenvalue weighted by atomic mass is 10.1. The third kappa shape index (κ3) is 2.61. The van der Waals surface area contributed by atoms with Crippen LogP contribution in [0.2, 0.25) is 0 Å². The Balaban J connectivity index is 1.54. The molecular weight excluding hydrogens is 363 g/mol. The van der Waals surface area contributed by atoms with Crippen LogP contribution in [0.4, 0.5) is 10.1 Å². The highest BCUT2D eigenvalue weighted by molar-refractivity contribution is 6.02. The molecule has 2 aromatic carbocycles. The van der Waals surface area contributed by atoms with Crippen LogP contribution in [0.25, 0.3) is 33.3 Å². The number of aromatic amines is 1. The van der Waals surface area contributed by atoms with Crippen LogP contribution < -0.4 is 10.6 Å². The minimum atomic E-state index is -0.651. The maximum absolute atomic E-state index is 15.2. The van der Waals surface area contributed by atoms with Crippen LogP contribution >= 0.6 is 0 Å². The number of H-pyrrole nitrogens is 1. The maximum atomic E-state index is 15.2. The van der Waals surface area contributed by atoms with Crippen LogP contribution in [0, 0.1) is 5.82 Å². The maximum Gasteiger partial charge on any atom is 0.247 e. The van der Waals surface area contributed by atoms with Gasteiger partial charge >= 0.3 is 0 Å². The number of anilines is 1. The molecule has 8 heteroatoms. The molecule has 7 nitrogen and oxygen atoms in total. The number of furan rings is 1. The van der Waals surface area contributed by atoms with Gasteiger partial charge in [-0.25, -0.2) is 4.39 Å². The highest BCUT2D eigenvalue weighted by Gasteiger charge is 2.28. The second-order valence-corrected chi connectivity index (χ2v) is 6.72. The van der Waals surface area contributed by atoms with Crippen LogP contribution in [0.3, 0.4) is 0 Å². The Morgan fingerprint density at radius 3 is 2.89 bits per heavy atom. The number of benzene rings is 2. The third-order valence-corrected chi connectivity index (χ3v) is 4.90. The van der Waals surface area contributed by atoms with Crippen molar-refractivity contribution in [1.29, 1.82) is 0 Å². The molecule has 1 aliphatic rings. The smallest absolute Gasteiger partial charge is 0.247 e. The van der Waals surface area contributed by atoms with Gasteiger partial charge in [0.05, 0.1) is 16.6 Å². The van der Waals surface area contributed by atoms with E-state index in [-0.39, 0.29) is 23.4 Å². The fourth-order valence-corrected chi connectivity index (χ4v) is 3.48. The molecule has 1 saturated heterocycles. The average molecular weight is 378 g/mol. The van der Waals surface area contributed by atoms with E-state index in [1.165, 1.54) is 6.07 Å². The van der Waals surface area contributed by atoms with Gasteiger partial charge in [-0.15, -0.1) is 0 Å². The Labute approximate surface area is 157 Å². The largest absolute Gasteiger partial charge is 0.454 e. The van der Waals surface area contributed by atoms with Crippen molar-refractivity contribution in [3.8, 4) is 11.5 Å². The lowest BCUT2D eigenvalue weighted by Gasteiger charge is -2.12. The van der Waals surface area contributed by atoms with E-state index in [1.807, 2.05) is 24.3 Å². The molecule has 0 unspecified atom stereocenters. The first-order chi connectivity index (χ1) is 13.6. The normalized spacial score (nSPS) is 16.6. The van der Waals surface area contributed by atoms with Gasteiger partial charge in [-0.05, 0) is 30.7 Å². The molecule has 3 heterocycles. The summed E-state index contributed by atoms with van der Waals surface area (Å²) in [5.74, 6) is -0.812. The predicted octanol–water partition coefficient (Wildman–Crippen LogP) is 3.33. The number of hydrogen-bond acceptors (Lipinski definition) is 4. The summed E-state index contributed by atoms with van der Waals surface area (Å²) in [6.45, 7) is 0. The summed E-state index contributed by atoms with van der Waals surface area (Å²) in [6.07, 6.45) is 0.683. The topological polar surface area (TPSA) is 100 Å². The quantitative estimate of drug-likeness (QED) is 0.509. The van der Waals surface area contributed by atoms with Crippen molar-refractivity contribution in [2.75, 3.05) is 5.32 Å². The molecule has 0 aliphatic carbocycles. The zero-order valence-electron chi connectivity index (χ0n) is 14.6. The Morgan fingerprint density at radius 2 is 2.11 bits per heavy atom. The minimum absolute atomic E-state index is 0.0254. The van der Waals surface area contributed by atoms with Crippen molar-refractivity contribution in [3.63, 3.8) is 0 Å². The molecule has 1 atom stereocenters. The lowest BCUT2D eigenvalue weighted by molar-refractivity contribution is -0.122. The average Bonchev–Trinajstić information content (AvgIpc) is 3.40. The van der Waals surface area contributed by atoms with Gasteiger partial charge in [0.2, 0.25) is 11.8 Å². The van der Waals surface area contributed by atoms with Crippen molar-refractivity contribution < 1.29 is 18.4 Å². The van der Waals surface area contributed by atoms with Crippen LogP contribution in [-0.2, 0) is 9.59 Å². The summed E-state index contributed by atoms with van der Waals surface area (Å²) in [4.78, 5) is 23.6. The SMILES string of the molecule is O=C1CC[C@@H](C(=O)Nc2ccc3[nH]nc(-c4cc5ccccc5o4)c3c2F)N1. The van der Waals surface area contributed by atoms with E-state index in [1.54, 1.807) is 12.1 Å². The number of amides is 2. The van der Waals surface area contributed by atoms with Gasteiger partial charge in [-0.1, -0.05) is 18.2 Å². The Morgan fingerprint density at radius 1 is 1.25 bits per heavy atom. The van der Waals surface area contributed by atoms with Crippen LogP contribution in [0.5, 0.6) is 0 Å². The summed E-state index contributed by atoms with van der Waals surface area (Å²) in [7, 11) is 0. The predicted molar refractivity (Wildman–Crippen MR) is 101 cm³/mol. The summed E-state index contributed by atoms with van der Waals surface area (Å²) >= 11 is 0. The first-order valence-corrected chi connectivity index (χ1v) is 8.86. The van der Waals surface area contributed by atoms with Crippen molar-refractivity contribution >= 4 is 39.4 Å². The molecule has 0 spiro atoms. The van der Waals surface area contributed by atoms with Crippen LogP contribution in [0.15, 0.2) is 46.9 Å². The van der Waals surface area contributed by atoms with Crippen LogP contribution in [0.1, 0.15) is 12.8 Å². The third-order valence-electron chi connectivity index (χ3n) is 4.90. The number of fused-ring (bicyclic) bond motifs is 2. The Hall–Kier alpha value is -3.68. The van der Waals surface area contributed by atoms with Gasteiger partial charge in [0, 0.05) is 11.8 Å². The standard InChI is InChI=1S/C20H15FN4O3/c21-18-12(23-20(27)13-7-8-16(26)22-13)6-5-11-17(18)19(25-24-11)15-9-10-3-1-2-4-14(10)28-15/h1-6,9,13H,7-8H2,(H,22,26)(H,23,27)(H,24,25)/t13-/m0/s1. The molecular formula is C20H15FN4O3. The van der Waals surface area contributed by atoms with Gasteiger partial charge in [0.1, 0.15) is 17.3 Å². The molecule has 0 radical (unpaired) electrons.